The van der Waals surface area contributed by atoms with Crippen LogP contribution in [-0.4, -0.2) is 35.6 Å². The highest BCUT2D eigenvalue weighted by atomic mass is 16.4. The Kier molecular flexibility index (Phi) is 3.01. The Hall–Kier alpha value is -0.570. The Bertz CT molecular complexity index is 250. The van der Waals surface area contributed by atoms with Crippen molar-refractivity contribution in [1.82, 2.24) is 4.90 Å². The number of rotatable bonds is 5. The molecule has 1 unspecified atom stereocenters. The summed E-state index contributed by atoms with van der Waals surface area (Å²) in [6.07, 6.45) is 5.37. The first-order valence-corrected chi connectivity index (χ1v) is 6.12. The Morgan fingerprint density at radius 2 is 2.27 bits per heavy atom. The van der Waals surface area contributed by atoms with E-state index in [2.05, 4.69) is 11.8 Å². The standard InChI is InChI=1S/C12H21NO2/c1-2-5-12(11(14)15)6-7-13(9-12)8-10-3-4-10/h10H,2-9H2,1H3,(H,14,15). The van der Waals surface area contributed by atoms with Crippen LogP contribution in [0.4, 0.5) is 0 Å². The lowest BCUT2D eigenvalue weighted by atomic mass is 9.83. The zero-order chi connectivity index (χ0) is 10.9. The van der Waals surface area contributed by atoms with Crippen LogP contribution < -0.4 is 0 Å². The van der Waals surface area contributed by atoms with Crippen molar-refractivity contribution in [3.05, 3.63) is 0 Å². The summed E-state index contributed by atoms with van der Waals surface area (Å²) in [7, 11) is 0. The summed E-state index contributed by atoms with van der Waals surface area (Å²) < 4.78 is 0. The summed E-state index contributed by atoms with van der Waals surface area (Å²) in [4.78, 5) is 13.7. The van der Waals surface area contributed by atoms with Crippen LogP contribution in [-0.2, 0) is 4.79 Å². The van der Waals surface area contributed by atoms with Gasteiger partial charge in [0.1, 0.15) is 0 Å². The van der Waals surface area contributed by atoms with Crippen LogP contribution in [0.2, 0.25) is 0 Å². The largest absolute Gasteiger partial charge is 0.481 e. The molecular weight excluding hydrogens is 190 g/mol. The highest BCUT2D eigenvalue weighted by Crippen LogP contribution is 2.38. The van der Waals surface area contributed by atoms with Gasteiger partial charge in [0, 0.05) is 13.1 Å². The lowest BCUT2D eigenvalue weighted by Gasteiger charge is -2.24. The van der Waals surface area contributed by atoms with Gasteiger partial charge in [0.15, 0.2) is 0 Å². The van der Waals surface area contributed by atoms with Gasteiger partial charge in [-0.1, -0.05) is 13.3 Å². The Morgan fingerprint density at radius 3 is 2.80 bits per heavy atom. The third kappa shape index (κ3) is 2.33. The summed E-state index contributed by atoms with van der Waals surface area (Å²) in [6, 6.07) is 0. The zero-order valence-electron chi connectivity index (χ0n) is 9.54. The third-order valence-corrected chi connectivity index (χ3v) is 3.83. The van der Waals surface area contributed by atoms with Crippen molar-refractivity contribution in [2.24, 2.45) is 11.3 Å². The fourth-order valence-corrected chi connectivity index (χ4v) is 2.74. The Balaban J connectivity index is 1.93. The SMILES string of the molecule is CCCC1(C(=O)O)CCN(CC2CC2)C1. The maximum Gasteiger partial charge on any atom is 0.310 e. The number of likely N-dealkylation sites (tertiary alicyclic amines) is 1. The second-order valence-electron chi connectivity index (χ2n) is 5.26. The molecular formula is C12H21NO2. The summed E-state index contributed by atoms with van der Waals surface area (Å²) in [6.45, 7) is 4.99. The summed E-state index contributed by atoms with van der Waals surface area (Å²) in [5.74, 6) is 0.291. The van der Waals surface area contributed by atoms with Crippen LogP contribution in [0.15, 0.2) is 0 Å². The van der Waals surface area contributed by atoms with Gasteiger partial charge < -0.3 is 10.0 Å². The molecule has 1 aliphatic heterocycles. The van der Waals surface area contributed by atoms with Gasteiger partial charge in [-0.05, 0) is 38.1 Å². The van der Waals surface area contributed by atoms with Crippen molar-refractivity contribution in [2.75, 3.05) is 19.6 Å². The molecule has 15 heavy (non-hydrogen) atoms. The fourth-order valence-electron chi connectivity index (χ4n) is 2.74. The lowest BCUT2D eigenvalue weighted by molar-refractivity contribution is -0.148. The highest BCUT2D eigenvalue weighted by molar-refractivity contribution is 5.75. The van der Waals surface area contributed by atoms with Gasteiger partial charge in [-0.25, -0.2) is 0 Å². The Labute approximate surface area is 91.5 Å². The quantitative estimate of drug-likeness (QED) is 0.756. The molecule has 1 heterocycles. The topological polar surface area (TPSA) is 40.5 Å². The van der Waals surface area contributed by atoms with E-state index in [1.807, 2.05) is 0 Å². The molecule has 0 aromatic carbocycles. The van der Waals surface area contributed by atoms with E-state index in [0.29, 0.717) is 0 Å². The van der Waals surface area contributed by atoms with E-state index in [4.69, 9.17) is 0 Å². The summed E-state index contributed by atoms with van der Waals surface area (Å²) in [5.41, 5.74) is -0.427. The van der Waals surface area contributed by atoms with Crippen molar-refractivity contribution in [2.45, 2.75) is 39.0 Å². The number of hydrogen-bond acceptors (Lipinski definition) is 2. The molecule has 2 fully saturated rings. The normalized spacial score (nSPS) is 32.1. The van der Waals surface area contributed by atoms with Crippen LogP contribution in [0.25, 0.3) is 0 Å². The fraction of sp³-hybridized carbons (Fsp3) is 0.917. The second kappa shape index (κ2) is 4.12. The van der Waals surface area contributed by atoms with Crippen LogP contribution in [0.3, 0.4) is 0 Å². The van der Waals surface area contributed by atoms with Crippen molar-refractivity contribution >= 4 is 5.97 Å². The molecule has 0 radical (unpaired) electrons. The smallest absolute Gasteiger partial charge is 0.310 e. The first kappa shape index (κ1) is 10.9. The van der Waals surface area contributed by atoms with Crippen LogP contribution >= 0.6 is 0 Å². The van der Waals surface area contributed by atoms with Crippen molar-refractivity contribution in [1.29, 1.82) is 0 Å². The van der Waals surface area contributed by atoms with E-state index >= 15 is 0 Å². The highest BCUT2D eigenvalue weighted by Gasteiger charge is 2.44. The summed E-state index contributed by atoms with van der Waals surface area (Å²) >= 11 is 0. The molecule has 0 aromatic rings. The third-order valence-electron chi connectivity index (χ3n) is 3.83. The molecule has 0 amide bonds. The van der Waals surface area contributed by atoms with Crippen LogP contribution in [0, 0.1) is 11.3 Å². The second-order valence-corrected chi connectivity index (χ2v) is 5.26. The van der Waals surface area contributed by atoms with Gasteiger partial charge in [-0.15, -0.1) is 0 Å². The molecule has 0 bridgehead atoms. The van der Waals surface area contributed by atoms with Gasteiger partial charge in [-0.3, -0.25) is 4.79 Å². The molecule has 2 rings (SSSR count). The first-order chi connectivity index (χ1) is 7.16. The molecule has 1 aliphatic carbocycles. The molecule has 0 spiro atoms. The maximum absolute atomic E-state index is 11.3. The van der Waals surface area contributed by atoms with Gasteiger partial charge >= 0.3 is 5.97 Å². The molecule has 86 valence electrons. The van der Waals surface area contributed by atoms with Gasteiger partial charge in [-0.2, -0.15) is 0 Å². The minimum absolute atomic E-state index is 0.427. The Morgan fingerprint density at radius 1 is 1.53 bits per heavy atom. The molecule has 1 atom stereocenters. The van der Waals surface area contributed by atoms with Crippen LogP contribution in [0.5, 0.6) is 0 Å². The van der Waals surface area contributed by atoms with E-state index in [1.54, 1.807) is 0 Å². The summed E-state index contributed by atoms with van der Waals surface area (Å²) in [5, 5.41) is 9.34. The maximum atomic E-state index is 11.3. The predicted octanol–water partition coefficient (Wildman–Crippen LogP) is 1.97. The zero-order valence-corrected chi connectivity index (χ0v) is 9.54. The molecule has 1 N–H and O–H groups in total. The number of hydrogen-bond donors (Lipinski definition) is 1. The number of nitrogens with zero attached hydrogens (tertiary/aromatic N) is 1. The van der Waals surface area contributed by atoms with Gasteiger partial charge in [0.25, 0.3) is 0 Å². The average Bonchev–Trinajstić information content (AvgIpc) is 2.88. The first-order valence-electron chi connectivity index (χ1n) is 6.12. The minimum Gasteiger partial charge on any atom is -0.481 e. The van der Waals surface area contributed by atoms with Crippen LogP contribution in [0.1, 0.15) is 39.0 Å². The molecule has 1 saturated carbocycles. The van der Waals surface area contributed by atoms with Gasteiger partial charge in [0.05, 0.1) is 5.41 Å². The van der Waals surface area contributed by atoms with E-state index in [0.717, 1.165) is 44.8 Å². The van der Waals surface area contributed by atoms with Gasteiger partial charge in [0.2, 0.25) is 0 Å². The van der Waals surface area contributed by atoms with E-state index in [9.17, 15) is 9.90 Å². The van der Waals surface area contributed by atoms with E-state index in [-0.39, 0.29) is 0 Å². The lowest BCUT2D eigenvalue weighted by Crippen LogP contribution is -2.35. The number of carboxylic acid groups (broad SMARTS) is 1. The molecule has 0 aromatic heterocycles. The predicted molar refractivity (Wildman–Crippen MR) is 58.8 cm³/mol. The van der Waals surface area contributed by atoms with Crippen molar-refractivity contribution < 1.29 is 9.90 Å². The molecule has 2 aliphatic rings. The molecule has 1 saturated heterocycles. The average molecular weight is 211 g/mol. The number of aliphatic carboxylic acids is 1. The van der Waals surface area contributed by atoms with E-state index in [1.165, 1.54) is 12.8 Å². The number of carboxylic acids is 1. The number of carbonyl (C=O) groups is 1. The molecule has 3 heteroatoms. The van der Waals surface area contributed by atoms with Crippen molar-refractivity contribution in [3.8, 4) is 0 Å². The van der Waals surface area contributed by atoms with E-state index < -0.39 is 11.4 Å². The van der Waals surface area contributed by atoms with Crippen molar-refractivity contribution in [3.63, 3.8) is 0 Å². The minimum atomic E-state index is -0.581. The monoisotopic (exact) mass is 211 g/mol. The molecule has 3 nitrogen and oxygen atoms in total.